The summed E-state index contributed by atoms with van der Waals surface area (Å²) in [6, 6.07) is 8.77. The minimum atomic E-state index is -1.16. The molecule has 1 fully saturated rings. The zero-order valence-electron chi connectivity index (χ0n) is 18.0. The highest BCUT2D eigenvalue weighted by Gasteiger charge is 2.44. The van der Waals surface area contributed by atoms with E-state index in [2.05, 4.69) is 5.32 Å². The fraction of sp³-hybridized carbons (Fsp3) is 0.591. The Balaban J connectivity index is 2.04. The summed E-state index contributed by atoms with van der Waals surface area (Å²) >= 11 is 0. The summed E-state index contributed by atoms with van der Waals surface area (Å²) in [5, 5.41) is 2.69. The van der Waals surface area contributed by atoms with Crippen LogP contribution >= 0.6 is 0 Å². The molecule has 160 valence electrons. The van der Waals surface area contributed by atoms with E-state index in [1.807, 2.05) is 37.3 Å². The molecule has 0 radical (unpaired) electrons. The van der Waals surface area contributed by atoms with Crippen LogP contribution in [-0.2, 0) is 25.7 Å². The van der Waals surface area contributed by atoms with Crippen molar-refractivity contribution in [3.05, 3.63) is 35.9 Å². The van der Waals surface area contributed by atoms with E-state index in [0.717, 1.165) is 5.56 Å². The molecule has 1 N–H and O–H groups in total. The lowest BCUT2D eigenvalue weighted by Gasteiger charge is -2.35. The third-order valence-corrected chi connectivity index (χ3v) is 4.97. The molecule has 0 unspecified atom stereocenters. The predicted octanol–water partition coefficient (Wildman–Crippen LogP) is 3.41. The Labute approximate surface area is 172 Å². The van der Waals surface area contributed by atoms with E-state index in [9.17, 15) is 14.4 Å². The van der Waals surface area contributed by atoms with E-state index in [-0.39, 0.29) is 12.5 Å². The smallest absolute Gasteiger partial charge is 0.408 e. The molecule has 0 saturated carbocycles. The number of likely N-dealkylation sites (tertiary alicyclic amines) is 1. The number of nitrogens with one attached hydrogen (secondary N) is 1. The van der Waals surface area contributed by atoms with Gasteiger partial charge in [0.05, 0.1) is 0 Å². The maximum atomic E-state index is 13.2. The second kappa shape index (κ2) is 9.29. The molecule has 1 saturated heterocycles. The van der Waals surface area contributed by atoms with Gasteiger partial charge in [0.25, 0.3) is 0 Å². The van der Waals surface area contributed by atoms with Gasteiger partial charge in [-0.15, -0.1) is 0 Å². The van der Waals surface area contributed by atoms with Crippen molar-refractivity contribution >= 4 is 18.0 Å². The van der Waals surface area contributed by atoms with Gasteiger partial charge in [-0.3, -0.25) is 4.79 Å². The molecule has 1 aliphatic rings. The first-order valence-corrected chi connectivity index (χ1v) is 10.1. The summed E-state index contributed by atoms with van der Waals surface area (Å²) in [4.78, 5) is 39.6. The molecule has 1 heterocycles. The first kappa shape index (κ1) is 22.7. The summed E-state index contributed by atoms with van der Waals surface area (Å²) in [7, 11) is 0. The summed E-state index contributed by atoms with van der Waals surface area (Å²) < 4.78 is 10.7. The molecule has 0 bridgehead atoms. The molecule has 1 aromatic carbocycles. The molecule has 1 aliphatic heterocycles. The Morgan fingerprint density at radius 2 is 1.79 bits per heavy atom. The van der Waals surface area contributed by atoms with E-state index in [1.54, 1.807) is 27.7 Å². The lowest BCUT2D eigenvalue weighted by Crippen LogP contribution is -2.60. The van der Waals surface area contributed by atoms with Crippen LogP contribution in [-0.4, -0.2) is 46.6 Å². The minimum absolute atomic E-state index is 0.166. The number of benzene rings is 1. The van der Waals surface area contributed by atoms with Crippen molar-refractivity contribution < 1.29 is 23.9 Å². The van der Waals surface area contributed by atoms with Gasteiger partial charge < -0.3 is 19.7 Å². The number of esters is 1. The summed E-state index contributed by atoms with van der Waals surface area (Å²) in [5.41, 5.74) is -0.939. The average Bonchev–Trinajstić information content (AvgIpc) is 3.14. The molecule has 2 amide bonds. The Morgan fingerprint density at radius 3 is 2.38 bits per heavy atom. The molecule has 2 atom stereocenters. The number of alkyl carbamates (subject to hydrolysis) is 1. The highest BCUT2D eigenvalue weighted by Crippen LogP contribution is 2.25. The van der Waals surface area contributed by atoms with Crippen molar-refractivity contribution in [2.45, 2.75) is 77.7 Å². The zero-order valence-corrected chi connectivity index (χ0v) is 18.0. The average molecular weight is 405 g/mol. The molecule has 0 aromatic heterocycles. The maximum Gasteiger partial charge on any atom is 0.408 e. The quantitative estimate of drug-likeness (QED) is 0.735. The van der Waals surface area contributed by atoms with Gasteiger partial charge in [0.15, 0.2) is 0 Å². The Kier molecular flexibility index (Phi) is 7.27. The van der Waals surface area contributed by atoms with Crippen molar-refractivity contribution in [3.63, 3.8) is 0 Å². The number of hydrogen-bond acceptors (Lipinski definition) is 5. The van der Waals surface area contributed by atoms with Gasteiger partial charge in [-0.05, 0) is 52.5 Å². The van der Waals surface area contributed by atoms with Crippen molar-refractivity contribution in [1.29, 1.82) is 0 Å². The number of carbonyl (C=O) groups excluding carboxylic acids is 3. The van der Waals surface area contributed by atoms with Crippen LogP contribution in [0.1, 0.15) is 59.4 Å². The Hall–Kier alpha value is -2.57. The van der Waals surface area contributed by atoms with Crippen molar-refractivity contribution in [3.8, 4) is 0 Å². The standard InChI is InChI=1S/C22H32N2O5/c1-6-22(5,23-20(27)29-21(2,3)4)19(26)24-14-10-13-17(24)18(25)28-15-16-11-8-7-9-12-16/h7-9,11-12,17H,6,10,13-15H2,1-5H3,(H,23,27)/t17-,22+/m0/s1. The highest BCUT2D eigenvalue weighted by atomic mass is 16.6. The molecule has 7 nitrogen and oxygen atoms in total. The molecule has 0 aliphatic carbocycles. The normalized spacial score (nSPS) is 18.7. The van der Waals surface area contributed by atoms with Crippen molar-refractivity contribution in [2.24, 2.45) is 0 Å². The van der Waals surface area contributed by atoms with Gasteiger partial charge in [0, 0.05) is 6.54 Å². The van der Waals surface area contributed by atoms with Crippen LogP contribution in [0.3, 0.4) is 0 Å². The van der Waals surface area contributed by atoms with Crippen LogP contribution in [0.25, 0.3) is 0 Å². The van der Waals surface area contributed by atoms with Gasteiger partial charge >= 0.3 is 12.1 Å². The molecule has 7 heteroatoms. The largest absolute Gasteiger partial charge is 0.459 e. The zero-order chi connectivity index (χ0) is 21.7. The number of hydrogen-bond donors (Lipinski definition) is 1. The fourth-order valence-corrected chi connectivity index (χ4v) is 3.22. The molecule has 1 aromatic rings. The van der Waals surface area contributed by atoms with Crippen LogP contribution in [0.5, 0.6) is 0 Å². The maximum absolute atomic E-state index is 13.2. The van der Waals surface area contributed by atoms with Crippen LogP contribution in [0.15, 0.2) is 30.3 Å². The third-order valence-electron chi connectivity index (χ3n) is 4.97. The van der Waals surface area contributed by atoms with Gasteiger partial charge in [-0.2, -0.15) is 0 Å². The summed E-state index contributed by atoms with van der Waals surface area (Å²) in [6.07, 6.45) is 0.972. The topological polar surface area (TPSA) is 84.9 Å². The van der Waals surface area contributed by atoms with E-state index in [1.165, 1.54) is 4.90 Å². The second-order valence-electron chi connectivity index (χ2n) is 8.56. The van der Waals surface area contributed by atoms with E-state index in [0.29, 0.717) is 25.8 Å². The number of carbonyl (C=O) groups is 3. The monoisotopic (exact) mass is 404 g/mol. The van der Waals surface area contributed by atoms with E-state index in [4.69, 9.17) is 9.47 Å². The van der Waals surface area contributed by atoms with Gasteiger partial charge in [-0.1, -0.05) is 37.3 Å². The molecule has 0 spiro atoms. The van der Waals surface area contributed by atoms with Crippen molar-refractivity contribution in [1.82, 2.24) is 10.2 Å². The van der Waals surface area contributed by atoms with Crippen LogP contribution in [0.2, 0.25) is 0 Å². The lowest BCUT2D eigenvalue weighted by molar-refractivity contribution is -0.156. The lowest BCUT2D eigenvalue weighted by atomic mass is 9.96. The van der Waals surface area contributed by atoms with E-state index >= 15 is 0 Å². The third kappa shape index (κ3) is 6.21. The summed E-state index contributed by atoms with van der Waals surface area (Å²) in [6.45, 7) is 9.37. The van der Waals surface area contributed by atoms with Crippen LogP contribution in [0, 0.1) is 0 Å². The minimum Gasteiger partial charge on any atom is -0.459 e. The first-order chi connectivity index (χ1) is 13.6. The first-order valence-electron chi connectivity index (χ1n) is 10.1. The van der Waals surface area contributed by atoms with E-state index < -0.39 is 29.2 Å². The predicted molar refractivity (Wildman–Crippen MR) is 109 cm³/mol. The SMILES string of the molecule is CC[C@@](C)(NC(=O)OC(C)(C)C)C(=O)N1CCC[C@H]1C(=O)OCc1ccccc1. The van der Waals surface area contributed by atoms with Gasteiger partial charge in [-0.25, -0.2) is 9.59 Å². The Bertz CT molecular complexity index is 728. The number of ether oxygens (including phenoxy) is 2. The van der Waals surface area contributed by atoms with Crippen LogP contribution in [0.4, 0.5) is 4.79 Å². The second-order valence-corrected chi connectivity index (χ2v) is 8.56. The van der Waals surface area contributed by atoms with Gasteiger partial charge in [0.1, 0.15) is 23.8 Å². The fourth-order valence-electron chi connectivity index (χ4n) is 3.22. The number of rotatable bonds is 6. The number of amides is 2. The van der Waals surface area contributed by atoms with Crippen molar-refractivity contribution in [2.75, 3.05) is 6.54 Å². The van der Waals surface area contributed by atoms with Gasteiger partial charge in [0.2, 0.25) is 5.91 Å². The molecule has 2 rings (SSSR count). The summed E-state index contributed by atoms with van der Waals surface area (Å²) in [5.74, 6) is -0.722. The number of nitrogens with zero attached hydrogens (tertiary/aromatic N) is 1. The molecular formula is C22H32N2O5. The van der Waals surface area contributed by atoms with Crippen LogP contribution < -0.4 is 5.32 Å². The Morgan fingerprint density at radius 1 is 1.14 bits per heavy atom. The highest BCUT2D eigenvalue weighted by molar-refractivity contribution is 5.93. The molecule has 29 heavy (non-hydrogen) atoms. The molecular weight excluding hydrogens is 372 g/mol.